The maximum absolute atomic E-state index is 13.0. The number of benzene rings is 1. The summed E-state index contributed by atoms with van der Waals surface area (Å²) >= 11 is 0. The molecule has 0 spiro atoms. The Morgan fingerprint density at radius 1 is 1.12 bits per heavy atom. The molecule has 1 aromatic rings. The quantitative estimate of drug-likeness (QED) is 0.814. The standard InChI is InChI=1S/C13H19F2N/c1-4-16-9-13(2,3)8-10-5-11(14)7-12(15)6-10/h5-7,16H,4,8-9H2,1-3H3. The van der Waals surface area contributed by atoms with Crippen molar-refractivity contribution in [3.63, 3.8) is 0 Å². The Kier molecular flexibility index (Phi) is 4.42. The van der Waals surface area contributed by atoms with E-state index in [1.807, 2.05) is 6.92 Å². The highest BCUT2D eigenvalue weighted by atomic mass is 19.1. The Balaban J connectivity index is 2.71. The first-order valence-electron chi connectivity index (χ1n) is 5.58. The first-order chi connectivity index (χ1) is 7.43. The van der Waals surface area contributed by atoms with Gasteiger partial charge in [-0.1, -0.05) is 20.8 Å². The fourth-order valence-electron chi connectivity index (χ4n) is 1.79. The molecule has 0 unspecified atom stereocenters. The third-order valence-corrected chi connectivity index (χ3v) is 2.46. The fourth-order valence-corrected chi connectivity index (χ4v) is 1.79. The lowest BCUT2D eigenvalue weighted by Gasteiger charge is -2.25. The molecule has 90 valence electrons. The van der Waals surface area contributed by atoms with Gasteiger partial charge in [-0.15, -0.1) is 0 Å². The van der Waals surface area contributed by atoms with Crippen LogP contribution in [0, 0.1) is 17.0 Å². The highest BCUT2D eigenvalue weighted by Crippen LogP contribution is 2.22. The van der Waals surface area contributed by atoms with Crippen molar-refractivity contribution in [2.45, 2.75) is 27.2 Å². The highest BCUT2D eigenvalue weighted by Gasteiger charge is 2.18. The van der Waals surface area contributed by atoms with Gasteiger partial charge >= 0.3 is 0 Å². The molecule has 0 saturated carbocycles. The Hall–Kier alpha value is -0.960. The van der Waals surface area contributed by atoms with Crippen molar-refractivity contribution in [2.24, 2.45) is 5.41 Å². The molecule has 0 radical (unpaired) electrons. The van der Waals surface area contributed by atoms with Crippen molar-refractivity contribution in [2.75, 3.05) is 13.1 Å². The van der Waals surface area contributed by atoms with Gasteiger partial charge in [-0.3, -0.25) is 0 Å². The third kappa shape index (κ3) is 4.27. The molecule has 0 bridgehead atoms. The summed E-state index contributed by atoms with van der Waals surface area (Å²) < 4.78 is 26.0. The zero-order chi connectivity index (χ0) is 12.2. The van der Waals surface area contributed by atoms with Crippen molar-refractivity contribution < 1.29 is 8.78 Å². The van der Waals surface area contributed by atoms with Gasteiger partial charge in [0.15, 0.2) is 0 Å². The topological polar surface area (TPSA) is 12.0 Å². The second-order valence-electron chi connectivity index (χ2n) is 4.90. The predicted molar refractivity (Wildman–Crippen MR) is 62.4 cm³/mol. The van der Waals surface area contributed by atoms with E-state index in [4.69, 9.17) is 0 Å². The van der Waals surface area contributed by atoms with E-state index < -0.39 is 11.6 Å². The molecule has 3 heteroatoms. The van der Waals surface area contributed by atoms with Crippen LogP contribution in [0.2, 0.25) is 0 Å². The van der Waals surface area contributed by atoms with Gasteiger partial charge < -0.3 is 5.32 Å². The summed E-state index contributed by atoms with van der Waals surface area (Å²) in [5, 5.41) is 3.25. The molecule has 0 heterocycles. The smallest absolute Gasteiger partial charge is 0.126 e. The number of nitrogens with one attached hydrogen (secondary N) is 1. The van der Waals surface area contributed by atoms with Crippen LogP contribution in [-0.4, -0.2) is 13.1 Å². The minimum atomic E-state index is -0.505. The van der Waals surface area contributed by atoms with E-state index in [2.05, 4.69) is 19.2 Å². The lowest BCUT2D eigenvalue weighted by Crippen LogP contribution is -2.31. The van der Waals surface area contributed by atoms with E-state index in [0.29, 0.717) is 12.0 Å². The predicted octanol–water partition coefficient (Wildman–Crippen LogP) is 3.14. The van der Waals surface area contributed by atoms with Gasteiger partial charge in [0.1, 0.15) is 11.6 Å². The number of rotatable bonds is 5. The van der Waals surface area contributed by atoms with Gasteiger partial charge in [-0.2, -0.15) is 0 Å². The summed E-state index contributed by atoms with van der Waals surface area (Å²) in [4.78, 5) is 0. The molecule has 1 rings (SSSR count). The maximum atomic E-state index is 13.0. The Bertz CT molecular complexity index is 328. The van der Waals surface area contributed by atoms with Crippen LogP contribution in [0.15, 0.2) is 18.2 Å². The summed E-state index contributed by atoms with van der Waals surface area (Å²) in [6.45, 7) is 7.94. The molecule has 0 aliphatic carbocycles. The van der Waals surface area contributed by atoms with Gasteiger partial charge in [0.2, 0.25) is 0 Å². The minimum Gasteiger partial charge on any atom is -0.316 e. The van der Waals surface area contributed by atoms with Crippen molar-refractivity contribution in [3.05, 3.63) is 35.4 Å². The molecule has 0 aromatic heterocycles. The number of halogens is 2. The van der Waals surface area contributed by atoms with Crippen LogP contribution >= 0.6 is 0 Å². The van der Waals surface area contributed by atoms with Crippen LogP contribution in [0.4, 0.5) is 8.78 Å². The largest absolute Gasteiger partial charge is 0.316 e. The summed E-state index contributed by atoms with van der Waals surface area (Å²) in [6, 6.07) is 3.70. The van der Waals surface area contributed by atoms with Crippen LogP contribution < -0.4 is 5.32 Å². The molecule has 1 N–H and O–H groups in total. The van der Waals surface area contributed by atoms with Crippen molar-refractivity contribution >= 4 is 0 Å². The second-order valence-corrected chi connectivity index (χ2v) is 4.90. The Morgan fingerprint density at radius 3 is 2.19 bits per heavy atom. The molecule has 0 aliphatic heterocycles. The van der Waals surface area contributed by atoms with E-state index in [9.17, 15) is 8.78 Å². The zero-order valence-electron chi connectivity index (χ0n) is 10.1. The first kappa shape index (κ1) is 13.1. The van der Waals surface area contributed by atoms with E-state index in [-0.39, 0.29) is 5.41 Å². The normalized spacial score (nSPS) is 11.8. The molecule has 16 heavy (non-hydrogen) atoms. The highest BCUT2D eigenvalue weighted by molar-refractivity contribution is 5.19. The molecule has 0 saturated heterocycles. The van der Waals surface area contributed by atoms with Crippen LogP contribution in [0.5, 0.6) is 0 Å². The Labute approximate surface area is 95.9 Å². The molecule has 0 aliphatic rings. The molecular weight excluding hydrogens is 208 g/mol. The van der Waals surface area contributed by atoms with Crippen molar-refractivity contribution in [1.82, 2.24) is 5.32 Å². The number of hydrogen-bond acceptors (Lipinski definition) is 1. The van der Waals surface area contributed by atoms with Crippen LogP contribution in [-0.2, 0) is 6.42 Å². The third-order valence-electron chi connectivity index (χ3n) is 2.46. The van der Waals surface area contributed by atoms with E-state index in [1.54, 1.807) is 0 Å². The lowest BCUT2D eigenvalue weighted by atomic mass is 9.85. The number of hydrogen-bond donors (Lipinski definition) is 1. The first-order valence-corrected chi connectivity index (χ1v) is 5.58. The minimum absolute atomic E-state index is 0.00373. The van der Waals surface area contributed by atoms with Gasteiger partial charge in [0, 0.05) is 12.6 Å². The molecule has 0 amide bonds. The molecule has 0 fully saturated rings. The lowest BCUT2D eigenvalue weighted by molar-refractivity contribution is 0.341. The summed E-state index contributed by atoms with van der Waals surface area (Å²) in [5.74, 6) is -1.01. The average molecular weight is 227 g/mol. The monoisotopic (exact) mass is 227 g/mol. The summed E-state index contributed by atoms with van der Waals surface area (Å²) in [5.41, 5.74) is 0.705. The van der Waals surface area contributed by atoms with Gasteiger partial charge in [-0.25, -0.2) is 8.78 Å². The summed E-state index contributed by atoms with van der Waals surface area (Å²) in [7, 11) is 0. The molecule has 0 atom stereocenters. The van der Waals surface area contributed by atoms with E-state index >= 15 is 0 Å². The van der Waals surface area contributed by atoms with Gasteiger partial charge in [0.05, 0.1) is 0 Å². The summed E-state index contributed by atoms with van der Waals surface area (Å²) in [6.07, 6.45) is 0.661. The van der Waals surface area contributed by atoms with Crippen LogP contribution in [0.25, 0.3) is 0 Å². The van der Waals surface area contributed by atoms with E-state index in [1.165, 1.54) is 12.1 Å². The Morgan fingerprint density at radius 2 is 1.69 bits per heavy atom. The van der Waals surface area contributed by atoms with Gasteiger partial charge in [-0.05, 0) is 36.1 Å². The second kappa shape index (κ2) is 5.39. The SMILES string of the molecule is CCNCC(C)(C)Cc1cc(F)cc(F)c1. The van der Waals surface area contributed by atoms with Crippen molar-refractivity contribution in [3.8, 4) is 0 Å². The van der Waals surface area contributed by atoms with Gasteiger partial charge in [0.25, 0.3) is 0 Å². The van der Waals surface area contributed by atoms with Crippen molar-refractivity contribution in [1.29, 1.82) is 0 Å². The molecule has 1 nitrogen and oxygen atoms in total. The molecular formula is C13H19F2N. The molecule has 1 aromatic carbocycles. The zero-order valence-corrected chi connectivity index (χ0v) is 10.1. The van der Waals surface area contributed by atoms with E-state index in [0.717, 1.165) is 19.2 Å². The van der Waals surface area contributed by atoms with Crippen LogP contribution in [0.3, 0.4) is 0 Å². The fraction of sp³-hybridized carbons (Fsp3) is 0.538. The average Bonchev–Trinajstić information content (AvgIpc) is 2.12. The van der Waals surface area contributed by atoms with Crippen LogP contribution in [0.1, 0.15) is 26.3 Å². The maximum Gasteiger partial charge on any atom is 0.126 e.